The summed E-state index contributed by atoms with van der Waals surface area (Å²) >= 11 is 1.40. The first-order chi connectivity index (χ1) is 12.7. The molecule has 0 unspecified atom stereocenters. The summed E-state index contributed by atoms with van der Waals surface area (Å²) in [6.45, 7) is 0.935. The summed E-state index contributed by atoms with van der Waals surface area (Å²) in [5.41, 5.74) is 2.75. The van der Waals surface area contributed by atoms with Gasteiger partial charge in [-0.1, -0.05) is 18.2 Å². The smallest absolute Gasteiger partial charge is 0.240 e. The van der Waals surface area contributed by atoms with Crippen LogP contribution < -0.4 is 10.1 Å². The number of para-hydroxylation sites is 1. The molecule has 1 N–H and O–H groups in total. The Balaban J connectivity index is 1.59. The van der Waals surface area contributed by atoms with Crippen molar-refractivity contribution in [1.29, 1.82) is 0 Å². The Morgan fingerprint density at radius 1 is 1.27 bits per heavy atom. The summed E-state index contributed by atoms with van der Waals surface area (Å²) in [6, 6.07) is 11.6. The normalized spacial score (nSPS) is 10.7. The number of carbonyl (C=O) groups is 1. The maximum Gasteiger partial charge on any atom is 0.240 e. The Morgan fingerprint density at radius 2 is 2.12 bits per heavy atom. The first-order valence-corrected chi connectivity index (χ1v) is 9.00. The second kappa shape index (κ2) is 8.55. The zero-order valence-electron chi connectivity index (χ0n) is 14.7. The zero-order valence-corrected chi connectivity index (χ0v) is 15.5. The molecule has 0 aliphatic heterocycles. The number of hydrogen-bond acceptors (Lipinski definition) is 6. The fourth-order valence-corrected chi connectivity index (χ4v) is 3.30. The van der Waals surface area contributed by atoms with E-state index in [-0.39, 0.29) is 12.5 Å². The number of aromatic nitrogens is 2. The van der Waals surface area contributed by atoms with Gasteiger partial charge in [0.2, 0.25) is 5.91 Å². The monoisotopic (exact) mass is 368 g/mol. The highest BCUT2D eigenvalue weighted by Crippen LogP contribution is 2.31. The van der Waals surface area contributed by atoms with Crippen LogP contribution in [0.5, 0.6) is 5.75 Å². The molecule has 1 aromatic carbocycles. The van der Waals surface area contributed by atoms with Gasteiger partial charge in [-0.3, -0.25) is 14.7 Å². The highest BCUT2D eigenvalue weighted by atomic mass is 32.1. The SMILES string of the molecule is COc1ccccc1-c1csc(NC(=O)CN(C)Cc2cccnc2)n1. The van der Waals surface area contributed by atoms with Crippen molar-refractivity contribution in [1.82, 2.24) is 14.9 Å². The van der Waals surface area contributed by atoms with Crippen molar-refractivity contribution in [3.05, 3.63) is 59.7 Å². The molecular formula is C19H20N4O2S. The molecule has 6 nitrogen and oxygen atoms in total. The lowest BCUT2D eigenvalue weighted by molar-refractivity contribution is -0.117. The summed E-state index contributed by atoms with van der Waals surface area (Å²) in [5.74, 6) is 0.657. The van der Waals surface area contributed by atoms with E-state index in [0.717, 1.165) is 22.6 Å². The van der Waals surface area contributed by atoms with Gasteiger partial charge in [0, 0.05) is 29.9 Å². The standard InChI is InChI=1S/C19H20N4O2S/c1-23(11-14-6-5-9-20-10-14)12-18(24)22-19-21-16(13-26-19)15-7-3-4-8-17(15)25-2/h3-10,13H,11-12H2,1-2H3,(H,21,22,24). The summed E-state index contributed by atoms with van der Waals surface area (Å²) in [4.78, 5) is 22.8. The van der Waals surface area contributed by atoms with E-state index in [9.17, 15) is 4.79 Å². The van der Waals surface area contributed by atoms with Crippen molar-refractivity contribution < 1.29 is 9.53 Å². The fourth-order valence-electron chi connectivity index (χ4n) is 2.57. The number of amides is 1. The van der Waals surface area contributed by atoms with Gasteiger partial charge in [0.25, 0.3) is 0 Å². The molecule has 0 fully saturated rings. The van der Waals surface area contributed by atoms with Gasteiger partial charge in [0.05, 0.1) is 19.3 Å². The van der Waals surface area contributed by atoms with Crippen molar-refractivity contribution in [3.63, 3.8) is 0 Å². The Bertz CT molecular complexity index is 867. The average molecular weight is 368 g/mol. The third kappa shape index (κ3) is 4.65. The molecule has 3 rings (SSSR count). The molecule has 0 saturated heterocycles. The average Bonchev–Trinajstić information content (AvgIpc) is 3.10. The number of carbonyl (C=O) groups excluding carboxylic acids is 1. The van der Waals surface area contributed by atoms with Crippen LogP contribution in [-0.2, 0) is 11.3 Å². The predicted octanol–water partition coefficient (Wildman–Crippen LogP) is 3.28. The number of methoxy groups -OCH3 is 1. The topological polar surface area (TPSA) is 67.3 Å². The number of nitrogens with zero attached hydrogens (tertiary/aromatic N) is 3. The van der Waals surface area contributed by atoms with E-state index in [1.807, 2.05) is 53.7 Å². The number of nitrogens with one attached hydrogen (secondary N) is 1. The minimum atomic E-state index is -0.0997. The third-order valence-corrected chi connectivity index (χ3v) is 4.48. The van der Waals surface area contributed by atoms with Crippen LogP contribution in [0, 0.1) is 0 Å². The van der Waals surface area contributed by atoms with Crippen LogP contribution in [0.15, 0.2) is 54.2 Å². The highest BCUT2D eigenvalue weighted by Gasteiger charge is 2.12. The molecule has 134 valence electrons. The lowest BCUT2D eigenvalue weighted by Crippen LogP contribution is -2.29. The van der Waals surface area contributed by atoms with E-state index >= 15 is 0 Å². The first kappa shape index (κ1) is 18.0. The summed E-state index contributed by atoms with van der Waals surface area (Å²) in [5, 5.41) is 5.34. The van der Waals surface area contributed by atoms with Crippen LogP contribution in [0.2, 0.25) is 0 Å². The van der Waals surface area contributed by atoms with Crippen molar-refractivity contribution in [2.24, 2.45) is 0 Å². The van der Waals surface area contributed by atoms with Crippen molar-refractivity contribution in [3.8, 4) is 17.0 Å². The van der Waals surface area contributed by atoms with Crippen LogP contribution in [0.4, 0.5) is 5.13 Å². The van der Waals surface area contributed by atoms with E-state index in [2.05, 4.69) is 15.3 Å². The summed E-state index contributed by atoms with van der Waals surface area (Å²) in [6.07, 6.45) is 3.53. The molecular weight excluding hydrogens is 348 g/mol. The predicted molar refractivity (Wildman–Crippen MR) is 103 cm³/mol. The van der Waals surface area contributed by atoms with E-state index in [4.69, 9.17) is 4.74 Å². The van der Waals surface area contributed by atoms with Gasteiger partial charge in [-0.2, -0.15) is 0 Å². The van der Waals surface area contributed by atoms with Crippen molar-refractivity contribution in [2.75, 3.05) is 26.0 Å². The number of pyridine rings is 1. The number of thiazole rings is 1. The van der Waals surface area contributed by atoms with Crippen molar-refractivity contribution >= 4 is 22.4 Å². The molecule has 0 aliphatic carbocycles. The third-order valence-electron chi connectivity index (χ3n) is 3.72. The van der Waals surface area contributed by atoms with E-state index < -0.39 is 0 Å². The van der Waals surface area contributed by atoms with Crippen molar-refractivity contribution in [2.45, 2.75) is 6.54 Å². The number of likely N-dealkylation sites (N-methyl/N-ethyl adjacent to an activating group) is 1. The molecule has 0 radical (unpaired) electrons. The maximum absolute atomic E-state index is 12.3. The second-order valence-electron chi connectivity index (χ2n) is 5.82. The van der Waals surface area contributed by atoms with Gasteiger partial charge in [0.15, 0.2) is 5.13 Å². The molecule has 0 spiro atoms. The number of ether oxygens (including phenoxy) is 1. The van der Waals surface area contributed by atoms with E-state index in [0.29, 0.717) is 11.7 Å². The Labute approximate surface area is 156 Å². The molecule has 1 amide bonds. The quantitative estimate of drug-likeness (QED) is 0.693. The van der Waals surface area contributed by atoms with Gasteiger partial charge in [-0.05, 0) is 30.8 Å². The molecule has 3 aromatic rings. The Kier molecular flexibility index (Phi) is 5.93. The number of anilines is 1. The van der Waals surface area contributed by atoms with Crippen LogP contribution in [0.1, 0.15) is 5.56 Å². The molecule has 7 heteroatoms. The van der Waals surface area contributed by atoms with Gasteiger partial charge in [-0.15, -0.1) is 11.3 Å². The van der Waals surface area contributed by atoms with E-state index in [1.54, 1.807) is 19.5 Å². The Hall–Kier alpha value is -2.77. The van der Waals surface area contributed by atoms with E-state index in [1.165, 1.54) is 11.3 Å². The first-order valence-electron chi connectivity index (χ1n) is 8.12. The van der Waals surface area contributed by atoms with Crippen LogP contribution in [0.25, 0.3) is 11.3 Å². The van der Waals surface area contributed by atoms with Gasteiger partial charge >= 0.3 is 0 Å². The van der Waals surface area contributed by atoms with Crippen LogP contribution >= 0.6 is 11.3 Å². The minimum Gasteiger partial charge on any atom is -0.496 e. The molecule has 0 bridgehead atoms. The molecule has 2 aromatic heterocycles. The Morgan fingerprint density at radius 3 is 2.88 bits per heavy atom. The largest absolute Gasteiger partial charge is 0.496 e. The van der Waals surface area contributed by atoms with Crippen LogP contribution in [0.3, 0.4) is 0 Å². The zero-order chi connectivity index (χ0) is 18.4. The minimum absolute atomic E-state index is 0.0997. The lowest BCUT2D eigenvalue weighted by atomic mass is 10.1. The van der Waals surface area contributed by atoms with Gasteiger partial charge in [0.1, 0.15) is 5.75 Å². The fraction of sp³-hybridized carbons (Fsp3) is 0.211. The maximum atomic E-state index is 12.3. The summed E-state index contributed by atoms with van der Waals surface area (Å²) < 4.78 is 5.36. The molecule has 2 heterocycles. The summed E-state index contributed by atoms with van der Waals surface area (Å²) in [7, 11) is 3.53. The van der Waals surface area contributed by atoms with Crippen LogP contribution in [-0.4, -0.2) is 41.5 Å². The molecule has 0 atom stereocenters. The highest BCUT2D eigenvalue weighted by molar-refractivity contribution is 7.14. The van der Waals surface area contributed by atoms with Gasteiger partial charge < -0.3 is 10.1 Å². The number of rotatable bonds is 7. The number of benzene rings is 1. The molecule has 26 heavy (non-hydrogen) atoms. The van der Waals surface area contributed by atoms with Gasteiger partial charge in [-0.25, -0.2) is 4.98 Å². The molecule has 0 saturated carbocycles. The second-order valence-corrected chi connectivity index (χ2v) is 6.68. The lowest BCUT2D eigenvalue weighted by Gasteiger charge is -2.15. The number of hydrogen-bond donors (Lipinski definition) is 1. The molecule has 0 aliphatic rings.